The number of hydrogen-bond donors (Lipinski definition) is 1. The zero-order chi connectivity index (χ0) is 23.2. The smallest absolute Gasteiger partial charge is 0.255 e. The minimum absolute atomic E-state index is 0.229. The number of nitrogens with one attached hydrogen (secondary N) is 1. The number of rotatable bonds is 9. The molecule has 0 atom stereocenters. The van der Waals surface area contributed by atoms with E-state index >= 15 is 0 Å². The molecule has 0 aliphatic heterocycles. The number of fused-ring (bicyclic) bond motifs is 1. The summed E-state index contributed by atoms with van der Waals surface area (Å²) in [6.07, 6.45) is 0. The van der Waals surface area contributed by atoms with Gasteiger partial charge in [0.05, 0.1) is 33.4 Å². The Morgan fingerprint density at radius 3 is 2.48 bits per heavy atom. The summed E-state index contributed by atoms with van der Waals surface area (Å²) in [5.41, 5.74) is 1.79. The Kier molecular flexibility index (Phi) is 6.53. The van der Waals surface area contributed by atoms with Crippen molar-refractivity contribution >= 4 is 11.6 Å². The van der Waals surface area contributed by atoms with Gasteiger partial charge in [0.1, 0.15) is 12.4 Å². The molecule has 170 valence electrons. The van der Waals surface area contributed by atoms with Crippen LogP contribution in [0.25, 0.3) is 17.0 Å². The zero-order valence-corrected chi connectivity index (χ0v) is 18.4. The third-order valence-corrected chi connectivity index (χ3v) is 4.87. The minimum Gasteiger partial charge on any atom is -0.496 e. The largest absolute Gasteiger partial charge is 0.496 e. The number of amides is 1. The standard InChI is InChI=1S/C23H23N5O5/c1-30-17-7-5-4-6-16(17)23(29)24-12-13-33-21-11-10-20-25-26-22(28(20)27-21)15-8-9-18(31-2)19(14-15)32-3/h4-11,14H,12-13H2,1-3H3,(H,24,29). The molecule has 0 radical (unpaired) electrons. The van der Waals surface area contributed by atoms with Crippen molar-refractivity contribution in [2.24, 2.45) is 0 Å². The second-order valence-corrected chi connectivity index (χ2v) is 6.84. The van der Waals surface area contributed by atoms with Crippen molar-refractivity contribution in [1.82, 2.24) is 25.1 Å². The minimum atomic E-state index is -0.242. The molecular formula is C23H23N5O5. The Labute approximate surface area is 190 Å². The highest BCUT2D eigenvalue weighted by molar-refractivity contribution is 5.96. The van der Waals surface area contributed by atoms with Crippen molar-refractivity contribution in [3.8, 4) is 34.5 Å². The number of aromatic nitrogens is 4. The molecule has 2 heterocycles. The molecule has 2 aromatic carbocycles. The Morgan fingerprint density at radius 2 is 1.70 bits per heavy atom. The highest BCUT2D eigenvalue weighted by atomic mass is 16.5. The van der Waals surface area contributed by atoms with Gasteiger partial charge in [-0.15, -0.1) is 15.3 Å². The highest BCUT2D eigenvalue weighted by Crippen LogP contribution is 2.31. The molecule has 0 aliphatic carbocycles. The third-order valence-electron chi connectivity index (χ3n) is 4.87. The van der Waals surface area contributed by atoms with Crippen LogP contribution in [0.5, 0.6) is 23.1 Å². The van der Waals surface area contributed by atoms with Gasteiger partial charge in [0.15, 0.2) is 23.0 Å². The van der Waals surface area contributed by atoms with Gasteiger partial charge >= 0.3 is 0 Å². The maximum Gasteiger partial charge on any atom is 0.255 e. The van der Waals surface area contributed by atoms with Gasteiger partial charge in [0, 0.05) is 11.6 Å². The molecule has 10 heteroatoms. The average molecular weight is 449 g/mol. The van der Waals surface area contributed by atoms with Crippen molar-refractivity contribution in [2.45, 2.75) is 0 Å². The summed E-state index contributed by atoms with van der Waals surface area (Å²) in [7, 11) is 4.67. The van der Waals surface area contributed by atoms with E-state index in [0.29, 0.717) is 46.7 Å². The number of carbonyl (C=O) groups excluding carboxylic acids is 1. The normalized spacial score (nSPS) is 10.6. The number of para-hydroxylation sites is 1. The number of benzene rings is 2. The van der Waals surface area contributed by atoms with Crippen LogP contribution in [0.1, 0.15) is 10.4 Å². The van der Waals surface area contributed by atoms with Gasteiger partial charge in [-0.1, -0.05) is 12.1 Å². The van der Waals surface area contributed by atoms with Crippen molar-refractivity contribution in [3.05, 3.63) is 60.2 Å². The van der Waals surface area contributed by atoms with Gasteiger partial charge < -0.3 is 24.3 Å². The maximum absolute atomic E-state index is 12.4. The number of methoxy groups -OCH3 is 3. The van der Waals surface area contributed by atoms with Gasteiger partial charge in [-0.25, -0.2) is 0 Å². The van der Waals surface area contributed by atoms with Crippen LogP contribution in [0.2, 0.25) is 0 Å². The van der Waals surface area contributed by atoms with E-state index in [1.165, 1.54) is 7.11 Å². The van der Waals surface area contributed by atoms with E-state index in [-0.39, 0.29) is 12.5 Å². The van der Waals surface area contributed by atoms with Crippen LogP contribution in [-0.2, 0) is 0 Å². The monoisotopic (exact) mass is 449 g/mol. The summed E-state index contributed by atoms with van der Waals surface area (Å²) >= 11 is 0. The molecule has 0 spiro atoms. The van der Waals surface area contributed by atoms with Gasteiger partial charge in [-0.2, -0.15) is 4.52 Å². The average Bonchev–Trinajstić information content (AvgIpc) is 3.29. The second kappa shape index (κ2) is 9.86. The highest BCUT2D eigenvalue weighted by Gasteiger charge is 2.14. The van der Waals surface area contributed by atoms with Gasteiger partial charge in [0.2, 0.25) is 5.88 Å². The fourth-order valence-corrected chi connectivity index (χ4v) is 3.25. The predicted octanol–water partition coefficient (Wildman–Crippen LogP) is 2.63. The first-order valence-corrected chi connectivity index (χ1v) is 10.1. The molecule has 2 aromatic heterocycles. The van der Waals surface area contributed by atoms with Crippen LogP contribution in [-0.4, -0.2) is 60.2 Å². The summed E-state index contributed by atoms with van der Waals surface area (Å²) < 4.78 is 23.2. The van der Waals surface area contributed by atoms with Crippen molar-refractivity contribution in [1.29, 1.82) is 0 Å². The molecule has 0 unspecified atom stereocenters. The molecule has 4 rings (SSSR count). The first-order chi connectivity index (χ1) is 16.1. The van der Waals surface area contributed by atoms with Crippen LogP contribution >= 0.6 is 0 Å². The van der Waals surface area contributed by atoms with E-state index in [4.69, 9.17) is 18.9 Å². The van der Waals surface area contributed by atoms with Crippen molar-refractivity contribution < 1.29 is 23.7 Å². The fourth-order valence-electron chi connectivity index (χ4n) is 3.25. The fraction of sp³-hybridized carbons (Fsp3) is 0.217. The lowest BCUT2D eigenvalue weighted by Crippen LogP contribution is -2.28. The van der Waals surface area contributed by atoms with Gasteiger partial charge in [-0.05, 0) is 36.4 Å². The number of nitrogens with zero attached hydrogens (tertiary/aromatic N) is 4. The van der Waals surface area contributed by atoms with Crippen LogP contribution in [0, 0.1) is 0 Å². The second-order valence-electron chi connectivity index (χ2n) is 6.84. The predicted molar refractivity (Wildman–Crippen MR) is 120 cm³/mol. The number of ether oxygens (including phenoxy) is 4. The lowest BCUT2D eigenvalue weighted by Gasteiger charge is -2.10. The van der Waals surface area contributed by atoms with E-state index in [1.54, 1.807) is 61.2 Å². The van der Waals surface area contributed by atoms with Crippen molar-refractivity contribution in [3.63, 3.8) is 0 Å². The van der Waals surface area contributed by atoms with Crippen LogP contribution in [0.15, 0.2) is 54.6 Å². The van der Waals surface area contributed by atoms with Crippen LogP contribution < -0.4 is 24.3 Å². The van der Waals surface area contributed by atoms with Crippen LogP contribution in [0.3, 0.4) is 0 Å². The van der Waals surface area contributed by atoms with E-state index in [9.17, 15) is 4.79 Å². The molecule has 0 aliphatic rings. The molecule has 1 amide bonds. The molecule has 0 bridgehead atoms. The summed E-state index contributed by atoms with van der Waals surface area (Å²) in [5, 5.41) is 15.7. The van der Waals surface area contributed by atoms with E-state index in [0.717, 1.165) is 5.56 Å². The summed E-state index contributed by atoms with van der Waals surface area (Å²) in [4.78, 5) is 12.4. The zero-order valence-electron chi connectivity index (χ0n) is 18.4. The maximum atomic E-state index is 12.4. The van der Waals surface area contributed by atoms with E-state index in [2.05, 4.69) is 20.6 Å². The Morgan fingerprint density at radius 1 is 0.909 bits per heavy atom. The van der Waals surface area contributed by atoms with Crippen LogP contribution in [0.4, 0.5) is 0 Å². The first-order valence-electron chi connectivity index (χ1n) is 10.1. The molecule has 10 nitrogen and oxygen atoms in total. The summed E-state index contributed by atoms with van der Waals surface area (Å²) in [6.45, 7) is 0.522. The Hall–Kier alpha value is -4.34. The molecule has 4 aromatic rings. The lowest BCUT2D eigenvalue weighted by molar-refractivity contribution is 0.0943. The lowest BCUT2D eigenvalue weighted by atomic mass is 10.2. The number of hydrogen-bond acceptors (Lipinski definition) is 8. The van der Waals surface area contributed by atoms with E-state index in [1.807, 2.05) is 12.1 Å². The summed E-state index contributed by atoms with van der Waals surface area (Å²) in [6, 6.07) is 15.9. The topological polar surface area (TPSA) is 109 Å². The van der Waals surface area contributed by atoms with Gasteiger partial charge in [0.25, 0.3) is 5.91 Å². The van der Waals surface area contributed by atoms with Gasteiger partial charge in [-0.3, -0.25) is 4.79 Å². The molecule has 0 saturated heterocycles. The Balaban J connectivity index is 1.44. The molecular weight excluding hydrogens is 426 g/mol. The molecule has 1 N–H and O–H groups in total. The van der Waals surface area contributed by atoms with E-state index < -0.39 is 0 Å². The Bertz CT molecular complexity index is 1270. The molecule has 0 saturated carbocycles. The molecule has 33 heavy (non-hydrogen) atoms. The SMILES string of the molecule is COc1ccc(-c2nnc3ccc(OCCNC(=O)c4ccccc4OC)nn23)cc1OC. The summed E-state index contributed by atoms with van der Waals surface area (Å²) in [5.74, 6) is 2.36. The quantitative estimate of drug-likeness (QED) is 0.389. The first kappa shape index (κ1) is 21.9. The number of carbonyl (C=O) groups is 1. The molecule has 0 fully saturated rings. The van der Waals surface area contributed by atoms with Crippen molar-refractivity contribution in [2.75, 3.05) is 34.5 Å². The third kappa shape index (κ3) is 4.64.